The van der Waals surface area contributed by atoms with Crippen LogP contribution in [0.4, 0.5) is 17.1 Å². The molecular weight excluding hydrogens is 719 g/mol. The molecule has 1 aromatic heterocycles. The van der Waals surface area contributed by atoms with Gasteiger partial charge in [-0.05, 0) is 74.0 Å². The van der Waals surface area contributed by atoms with Crippen LogP contribution in [0.15, 0.2) is 81.0 Å². The van der Waals surface area contributed by atoms with Crippen LogP contribution in [-0.4, -0.2) is 40.6 Å². The Morgan fingerprint density at radius 2 is 1.62 bits per heavy atom. The number of amides is 3. The summed E-state index contributed by atoms with van der Waals surface area (Å²) in [5.41, 5.74) is 2.79. The fourth-order valence-corrected chi connectivity index (χ4v) is 9.19. The molecule has 1 fully saturated rings. The molecule has 13 heteroatoms. The van der Waals surface area contributed by atoms with Gasteiger partial charge in [0, 0.05) is 39.7 Å². The molecule has 1 saturated heterocycles. The van der Waals surface area contributed by atoms with Crippen molar-refractivity contribution >= 4 is 97.0 Å². The summed E-state index contributed by atoms with van der Waals surface area (Å²) in [4.78, 5) is 58.5. The molecule has 0 bridgehead atoms. The van der Waals surface area contributed by atoms with Gasteiger partial charge in [0.15, 0.2) is 0 Å². The number of hydrogen-bond acceptors (Lipinski definition) is 7. The number of fused-ring (bicyclic) bond motifs is 2. The largest absolute Gasteiger partial charge is 0.372 e. The first kappa shape index (κ1) is 31.9. The number of nitrogens with zero attached hydrogens (tertiary/aromatic N) is 3. The third-order valence-corrected chi connectivity index (χ3v) is 11.9. The number of carbonyl (C=O) groups excluding carboxylic acids is 3. The highest BCUT2D eigenvalue weighted by Crippen LogP contribution is 2.54. The van der Waals surface area contributed by atoms with Crippen LogP contribution in [-0.2, 0) is 20.9 Å². The SMILES string of the molecule is CCN(CC)c1ccc(C2c3sc(=O)n(CC(=O)Nc4ccc(Cl)c(Cl)c4)c3SC3C(=O)N(c4ccc(Br)cc4)C(=O)C32)cc1. The predicted molar refractivity (Wildman–Crippen MR) is 185 cm³/mol. The average molecular weight is 747 g/mol. The van der Waals surface area contributed by atoms with Crippen molar-refractivity contribution in [2.24, 2.45) is 5.92 Å². The van der Waals surface area contributed by atoms with E-state index in [-0.39, 0.29) is 28.3 Å². The van der Waals surface area contributed by atoms with E-state index in [2.05, 4.69) is 40.0 Å². The topological polar surface area (TPSA) is 91.7 Å². The lowest BCUT2D eigenvalue weighted by Gasteiger charge is -2.31. The smallest absolute Gasteiger partial charge is 0.308 e. The molecule has 45 heavy (non-hydrogen) atoms. The van der Waals surface area contributed by atoms with E-state index >= 15 is 0 Å². The molecule has 2 aliphatic rings. The average Bonchev–Trinajstić information content (AvgIpc) is 3.46. The van der Waals surface area contributed by atoms with Crippen LogP contribution in [0, 0.1) is 5.92 Å². The molecule has 1 N–H and O–H groups in total. The minimum atomic E-state index is -0.778. The van der Waals surface area contributed by atoms with Gasteiger partial charge in [0.2, 0.25) is 17.7 Å². The highest BCUT2D eigenvalue weighted by molar-refractivity contribution is 9.10. The molecule has 4 aromatic rings. The standard InChI is InChI=1S/C32H27BrCl2N4O4S2/c1-3-37(4-2)20-10-5-17(6-11-20)25-26-27(30(42)39(29(26)41)21-12-7-18(33)8-13-21)44-31-28(25)45-32(43)38(31)16-24(40)36-19-9-14-22(34)23(35)15-19/h5-15,25-27H,3-4,16H2,1-2H3,(H,36,40). The fraction of sp³-hybridized carbons (Fsp3) is 0.250. The first-order valence-electron chi connectivity index (χ1n) is 14.2. The Balaban J connectivity index is 1.40. The Morgan fingerprint density at radius 3 is 2.27 bits per heavy atom. The van der Waals surface area contributed by atoms with Gasteiger partial charge in [0.1, 0.15) is 11.8 Å². The number of hydrogen-bond donors (Lipinski definition) is 1. The van der Waals surface area contributed by atoms with Crippen molar-refractivity contribution in [3.05, 3.63) is 101 Å². The normalized spacial score (nSPS) is 19.0. The lowest BCUT2D eigenvalue weighted by atomic mass is 9.83. The van der Waals surface area contributed by atoms with Crippen LogP contribution < -0.4 is 20.0 Å². The lowest BCUT2D eigenvalue weighted by Crippen LogP contribution is -2.33. The summed E-state index contributed by atoms with van der Waals surface area (Å²) in [6, 6.07) is 19.7. The molecule has 3 atom stereocenters. The van der Waals surface area contributed by atoms with Crippen molar-refractivity contribution in [3.63, 3.8) is 0 Å². The number of halogens is 3. The zero-order valence-electron chi connectivity index (χ0n) is 24.1. The number of aromatic nitrogens is 1. The Kier molecular flexibility index (Phi) is 9.18. The van der Waals surface area contributed by atoms with Crippen molar-refractivity contribution in [3.8, 4) is 0 Å². The molecule has 0 saturated carbocycles. The number of thioether (sulfide) groups is 1. The van der Waals surface area contributed by atoms with Crippen molar-refractivity contribution in [1.82, 2.24) is 4.57 Å². The first-order chi connectivity index (χ1) is 21.6. The molecular formula is C32H27BrCl2N4O4S2. The monoisotopic (exact) mass is 744 g/mol. The van der Waals surface area contributed by atoms with Gasteiger partial charge in [-0.2, -0.15) is 0 Å². The summed E-state index contributed by atoms with van der Waals surface area (Å²) in [6.45, 7) is 5.58. The molecule has 2 aliphatic heterocycles. The van der Waals surface area contributed by atoms with E-state index in [0.29, 0.717) is 26.3 Å². The molecule has 0 radical (unpaired) electrons. The lowest BCUT2D eigenvalue weighted by molar-refractivity contribution is -0.122. The van der Waals surface area contributed by atoms with Gasteiger partial charge in [-0.1, -0.05) is 74.4 Å². The third-order valence-electron chi connectivity index (χ3n) is 8.02. The molecule has 6 rings (SSSR count). The molecule has 3 heterocycles. The van der Waals surface area contributed by atoms with Gasteiger partial charge in [0.25, 0.3) is 0 Å². The van der Waals surface area contributed by atoms with E-state index in [9.17, 15) is 19.2 Å². The molecule has 0 spiro atoms. The number of benzene rings is 3. The van der Waals surface area contributed by atoms with E-state index in [1.807, 2.05) is 24.3 Å². The minimum absolute atomic E-state index is 0.276. The van der Waals surface area contributed by atoms with Gasteiger partial charge < -0.3 is 10.2 Å². The fourth-order valence-electron chi connectivity index (χ4n) is 5.86. The van der Waals surface area contributed by atoms with E-state index in [1.54, 1.807) is 36.4 Å². The maximum Gasteiger partial charge on any atom is 0.308 e. The zero-order chi connectivity index (χ0) is 32.0. The second-order valence-electron chi connectivity index (χ2n) is 10.6. The Bertz CT molecular complexity index is 1860. The van der Waals surface area contributed by atoms with E-state index in [1.165, 1.54) is 27.3 Å². The number of anilines is 3. The van der Waals surface area contributed by atoms with Gasteiger partial charge in [-0.15, -0.1) is 0 Å². The van der Waals surface area contributed by atoms with Crippen LogP contribution in [0.1, 0.15) is 30.2 Å². The molecule has 8 nitrogen and oxygen atoms in total. The van der Waals surface area contributed by atoms with Gasteiger partial charge >= 0.3 is 4.87 Å². The highest BCUT2D eigenvalue weighted by Gasteiger charge is 2.56. The summed E-state index contributed by atoms with van der Waals surface area (Å²) in [6.07, 6.45) is 0. The molecule has 232 valence electrons. The van der Waals surface area contributed by atoms with Crippen molar-refractivity contribution in [2.75, 3.05) is 28.2 Å². The maximum atomic E-state index is 14.1. The van der Waals surface area contributed by atoms with Crippen LogP contribution >= 0.6 is 62.2 Å². The number of carbonyl (C=O) groups is 3. The molecule has 3 amide bonds. The highest BCUT2D eigenvalue weighted by atomic mass is 79.9. The summed E-state index contributed by atoms with van der Waals surface area (Å²) >= 11 is 17.7. The second-order valence-corrected chi connectivity index (χ2v) is 14.4. The minimum Gasteiger partial charge on any atom is -0.372 e. The van der Waals surface area contributed by atoms with Crippen molar-refractivity contribution in [2.45, 2.75) is 36.6 Å². The summed E-state index contributed by atoms with van der Waals surface area (Å²) in [7, 11) is 0. The number of imide groups is 1. The Hall–Kier alpha value is -3.09. The Morgan fingerprint density at radius 1 is 0.933 bits per heavy atom. The van der Waals surface area contributed by atoms with Crippen LogP contribution in [0.2, 0.25) is 10.0 Å². The quantitative estimate of drug-likeness (QED) is 0.191. The third kappa shape index (κ3) is 5.96. The van der Waals surface area contributed by atoms with Crippen molar-refractivity contribution < 1.29 is 14.4 Å². The van der Waals surface area contributed by atoms with Gasteiger partial charge in [0.05, 0.1) is 26.7 Å². The number of thiazole rings is 1. The zero-order valence-corrected chi connectivity index (χ0v) is 28.9. The summed E-state index contributed by atoms with van der Waals surface area (Å²) in [5.74, 6) is -2.38. The van der Waals surface area contributed by atoms with Crippen molar-refractivity contribution in [1.29, 1.82) is 0 Å². The van der Waals surface area contributed by atoms with Gasteiger partial charge in [-0.3, -0.25) is 23.7 Å². The molecule has 0 aliphatic carbocycles. The summed E-state index contributed by atoms with van der Waals surface area (Å²) < 4.78 is 2.22. The molecule has 3 aromatic carbocycles. The number of nitrogens with one attached hydrogen (secondary N) is 1. The van der Waals surface area contributed by atoms with E-state index in [0.717, 1.165) is 40.1 Å². The van der Waals surface area contributed by atoms with Crippen LogP contribution in [0.25, 0.3) is 0 Å². The first-order valence-corrected chi connectivity index (χ1v) is 17.5. The van der Waals surface area contributed by atoms with Gasteiger partial charge in [-0.25, -0.2) is 4.90 Å². The second kappa shape index (κ2) is 13.0. The van der Waals surface area contributed by atoms with Crippen LogP contribution in [0.5, 0.6) is 0 Å². The van der Waals surface area contributed by atoms with E-state index < -0.39 is 23.0 Å². The predicted octanol–water partition coefficient (Wildman–Crippen LogP) is 7.26. The van der Waals surface area contributed by atoms with E-state index in [4.69, 9.17) is 23.2 Å². The summed E-state index contributed by atoms with van der Waals surface area (Å²) in [5, 5.41) is 3.15. The Labute approximate surface area is 286 Å². The maximum absolute atomic E-state index is 14.1. The molecule has 3 unspecified atom stereocenters. The van der Waals surface area contributed by atoms with Crippen LogP contribution in [0.3, 0.4) is 0 Å². The number of rotatable bonds is 8.